The second-order valence-corrected chi connectivity index (χ2v) is 12.2. The highest BCUT2D eigenvalue weighted by Gasteiger charge is 2.37. The number of carbonyl (C=O) groups excluding carboxylic acids is 2. The molecule has 1 aromatic rings. The number of nitrogens with zero attached hydrogens (tertiary/aromatic N) is 2. The van der Waals surface area contributed by atoms with Crippen molar-refractivity contribution in [3.63, 3.8) is 0 Å². The van der Waals surface area contributed by atoms with Crippen LogP contribution in [0.15, 0.2) is 12.4 Å². The van der Waals surface area contributed by atoms with Gasteiger partial charge in [-0.1, -0.05) is 20.8 Å². The third-order valence-electron chi connectivity index (χ3n) is 4.47. The first-order valence-electron chi connectivity index (χ1n) is 8.81. The molecule has 0 aromatic carbocycles. The summed E-state index contributed by atoms with van der Waals surface area (Å²) in [7, 11) is -1.91. The SMILES string of the molecule is CCOC(=O)C(C(=O)OCC)c1cnc(CO[Si](C)(C)C(C)(C)C)nc1. The summed E-state index contributed by atoms with van der Waals surface area (Å²) >= 11 is 0. The molecule has 0 aliphatic heterocycles. The maximum atomic E-state index is 12.1. The van der Waals surface area contributed by atoms with E-state index in [1.165, 1.54) is 12.4 Å². The van der Waals surface area contributed by atoms with Gasteiger partial charge in [0, 0.05) is 18.0 Å². The van der Waals surface area contributed by atoms with Crippen molar-refractivity contribution in [3.8, 4) is 0 Å². The van der Waals surface area contributed by atoms with Gasteiger partial charge in [-0.3, -0.25) is 9.59 Å². The second-order valence-electron chi connectivity index (χ2n) is 7.42. The van der Waals surface area contributed by atoms with Crippen molar-refractivity contribution in [2.75, 3.05) is 13.2 Å². The van der Waals surface area contributed by atoms with Crippen LogP contribution in [0, 0.1) is 0 Å². The molecule has 0 saturated heterocycles. The van der Waals surface area contributed by atoms with E-state index in [2.05, 4.69) is 43.8 Å². The van der Waals surface area contributed by atoms with Gasteiger partial charge in [-0.25, -0.2) is 9.97 Å². The molecule has 1 heterocycles. The number of aromatic nitrogens is 2. The van der Waals surface area contributed by atoms with E-state index in [0.29, 0.717) is 18.0 Å². The minimum absolute atomic E-state index is 0.0891. The third-order valence-corrected chi connectivity index (χ3v) is 8.95. The van der Waals surface area contributed by atoms with Gasteiger partial charge in [0.05, 0.1) is 19.8 Å². The minimum Gasteiger partial charge on any atom is -0.465 e. The Hall–Kier alpha value is -1.80. The smallest absolute Gasteiger partial charge is 0.325 e. The normalized spacial score (nSPS) is 12.2. The largest absolute Gasteiger partial charge is 0.465 e. The van der Waals surface area contributed by atoms with E-state index in [4.69, 9.17) is 13.9 Å². The first-order chi connectivity index (χ1) is 12.0. The molecule has 0 spiro atoms. The average Bonchev–Trinajstić information content (AvgIpc) is 2.54. The molecule has 0 atom stereocenters. The predicted octanol–water partition coefficient (Wildman–Crippen LogP) is 3.21. The highest BCUT2D eigenvalue weighted by molar-refractivity contribution is 6.74. The molecule has 0 amide bonds. The summed E-state index contributed by atoms with van der Waals surface area (Å²) in [6.45, 7) is 14.8. The molecule has 0 aliphatic carbocycles. The van der Waals surface area contributed by atoms with Crippen LogP contribution in [0.4, 0.5) is 0 Å². The number of hydrogen-bond acceptors (Lipinski definition) is 7. The molecule has 0 N–H and O–H groups in total. The zero-order valence-corrected chi connectivity index (χ0v) is 17.8. The number of hydrogen-bond donors (Lipinski definition) is 0. The van der Waals surface area contributed by atoms with Crippen molar-refractivity contribution in [2.45, 2.75) is 65.3 Å². The Morgan fingerprint density at radius 1 is 1.04 bits per heavy atom. The summed E-state index contributed by atoms with van der Waals surface area (Å²) in [5.41, 5.74) is 0.345. The van der Waals surface area contributed by atoms with Gasteiger partial charge in [0.25, 0.3) is 0 Å². The molecular formula is C18H30N2O5Si. The first-order valence-corrected chi connectivity index (χ1v) is 11.7. The highest BCUT2D eigenvalue weighted by Crippen LogP contribution is 2.36. The first kappa shape index (κ1) is 22.2. The summed E-state index contributed by atoms with van der Waals surface area (Å²) in [5, 5.41) is 0.0891. The lowest BCUT2D eigenvalue weighted by Gasteiger charge is -2.35. The molecule has 1 rings (SSSR count). The van der Waals surface area contributed by atoms with E-state index >= 15 is 0 Å². The van der Waals surface area contributed by atoms with E-state index in [-0.39, 0.29) is 18.3 Å². The van der Waals surface area contributed by atoms with Gasteiger partial charge < -0.3 is 13.9 Å². The Balaban J connectivity index is 2.91. The third kappa shape index (κ3) is 5.88. The maximum Gasteiger partial charge on any atom is 0.325 e. The lowest BCUT2D eigenvalue weighted by Crippen LogP contribution is -2.40. The molecule has 0 radical (unpaired) electrons. The van der Waals surface area contributed by atoms with E-state index < -0.39 is 26.2 Å². The van der Waals surface area contributed by atoms with Crippen molar-refractivity contribution in [1.82, 2.24) is 9.97 Å². The molecule has 0 aliphatic rings. The number of carbonyl (C=O) groups is 2. The minimum atomic E-state index is -1.91. The van der Waals surface area contributed by atoms with Gasteiger partial charge in [-0.15, -0.1) is 0 Å². The van der Waals surface area contributed by atoms with Gasteiger partial charge in [0.1, 0.15) is 0 Å². The van der Waals surface area contributed by atoms with Crippen LogP contribution in [0.1, 0.15) is 51.9 Å². The number of rotatable bonds is 8. The van der Waals surface area contributed by atoms with Crippen molar-refractivity contribution in [1.29, 1.82) is 0 Å². The van der Waals surface area contributed by atoms with Crippen molar-refractivity contribution in [3.05, 3.63) is 23.8 Å². The number of esters is 2. The lowest BCUT2D eigenvalue weighted by molar-refractivity contribution is -0.156. The van der Waals surface area contributed by atoms with Crippen LogP contribution in [0.3, 0.4) is 0 Å². The van der Waals surface area contributed by atoms with Gasteiger partial charge in [-0.05, 0) is 32.0 Å². The predicted molar refractivity (Wildman–Crippen MR) is 100 cm³/mol. The summed E-state index contributed by atoms with van der Waals surface area (Å²) in [5.74, 6) is -2.00. The van der Waals surface area contributed by atoms with Gasteiger partial charge >= 0.3 is 11.9 Å². The van der Waals surface area contributed by atoms with E-state index in [9.17, 15) is 9.59 Å². The maximum absolute atomic E-state index is 12.1. The van der Waals surface area contributed by atoms with Crippen molar-refractivity contribution < 1.29 is 23.5 Å². The van der Waals surface area contributed by atoms with Gasteiger partial charge in [-0.2, -0.15) is 0 Å². The van der Waals surface area contributed by atoms with Crippen molar-refractivity contribution in [2.24, 2.45) is 0 Å². The van der Waals surface area contributed by atoms with E-state index in [1.54, 1.807) is 13.8 Å². The van der Waals surface area contributed by atoms with Crippen molar-refractivity contribution >= 4 is 20.3 Å². The monoisotopic (exact) mass is 382 g/mol. The Morgan fingerprint density at radius 3 is 1.88 bits per heavy atom. The average molecular weight is 383 g/mol. The Labute approximate surface area is 156 Å². The number of ether oxygens (including phenoxy) is 2. The Bertz CT molecular complexity index is 593. The molecule has 0 saturated carbocycles. The summed E-state index contributed by atoms with van der Waals surface area (Å²) < 4.78 is 16.0. The van der Waals surface area contributed by atoms with Crippen LogP contribution in [0.5, 0.6) is 0 Å². The zero-order chi connectivity index (χ0) is 20.0. The van der Waals surface area contributed by atoms with E-state index in [0.717, 1.165) is 0 Å². The molecule has 26 heavy (non-hydrogen) atoms. The Morgan fingerprint density at radius 2 is 1.50 bits per heavy atom. The summed E-state index contributed by atoms with van der Waals surface area (Å²) in [6.07, 6.45) is 2.91. The van der Waals surface area contributed by atoms with Crippen LogP contribution in [-0.4, -0.2) is 43.4 Å². The fraction of sp³-hybridized carbons (Fsp3) is 0.667. The molecule has 8 heteroatoms. The topological polar surface area (TPSA) is 87.6 Å². The van der Waals surface area contributed by atoms with Crippen LogP contribution in [-0.2, 0) is 30.1 Å². The Kier molecular flexibility index (Phi) is 7.89. The molecule has 146 valence electrons. The van der Waals surface area contributed by atoms with Crippen LogP contribution in [0.2, 0.25) is 18.1 Å². The quantitative estimate of drug-likeness (QED) is 0.387. The fourth-order valence-corrected chi connectivity index (χ4v) is 2.79. The molecule has 7 nitrogen and oxygen atoms in total. The molecule has 0 unspecified atom stereocenters. The molecule has 1 aromatic heterocycles. The standard InChI is InChI=1S/C18H30N2O5Si/c1-8-23-16(21)15(17(22)24-9-2)13-10-19-14(20-11-13)12-25-26(6,7)18(3,4)5/h10-11,15H,8-9,12H2,1-7H3. The summed E-state index contributed by atoms with van der Waals surface area (Å²) in [4.78, 5) is 32.7. The van der Waals surface area contributed by atoms with Crippen LogP contribution < -0.4 is 0 Å². The highest BCUT2D eigenvalue weighted by atomic mass is 28.4. The summed E-state index contributed by atoms with van der Waals surface area (Å²) in [6, 6.07) is 0. The molecular weight excluding hydrogens is 352 g/mol. The van der Waals surface area contributed by atoms with Gasteiger partial charge in [0.15, 0.2) is 20.1 Å². The zero-order valence-electron chi connectivity index (χ0n) is 16.8. The van der Waals surface area contributed by atoms with Gasteiger partial charge in [0.2, 0.25) is 0 Å². The molecule has 0 bridgehead atoms. The van der Waals surface area contributed by atoms with E-state index in [1.807, 2.05) is 0 Å². The van der Waals surface area contributed by atoms with Crippen LogP contribution >= 0.6 is 0 Å². The fourth-order valence-electron chi connectivity index (χ4n) is 1.87. The lowest BCUT2D eigenvalue weighted by atomic mass is 10.0. The molecule has 0 fully saturated rings. The second kappa shape index (κ2) is 9.23. The van der Waals surface area contributed by atoms with Crippen LogP contribution in [0.25, 0.3) is 0 Å².